The van der Waals surface area contributed by atoms with Crippen LogP contribution in [-0.2, 0) is 6.42 Å². The van der Waals surface area contributed by atoms with Crippen molar-refractivity contribution in [3.63, 3.8) is 0 Å². The Bertz CT molecular complexity index is 823. The highest BCUT2D eigenvalue weighted by atomic mass is 16.5. The molecule has 0 bridgehead atoms. The van der Waals surface area contributed by atoms with Gasteiger partial charge < -0.3 is 19.3 Å². The van der Waals surface area contributed by atoms with Crippen molar-refractivity contribution in [3.8, 4) is 5.75 Å². The molecule has 134 valence electrons. The Morgan fingerprint density at radius 3 is 2.96 bits per heavy atom. The number of aliphatic hydroxyl groups is 1. The van der Waals surface area contributed by atoms with Gasteiger partial charge in [0.1, 0.15) is 18.3 Å². The number of ether oxygens (including phenoxy) is 1. The molecule has 1 fully saturated rings. The van der Waals surface area contributed by atoms with Crippen molar-refractivity contribution in [3.05, 3.63) is 41.1 Å². The normalized spacial score (nSPS) is 30.3. The van der Waals surface area contributed by atoms with Gasteiger partial charge in [-0.2, -0.15) is 0 Å². The predicted molar refractivity (Wildman–Crippen MR) is 101 cm³/mol. The van der Waals surface area contributed by atoms with E-state index in [4.69, 9.17) is 4.74 Å². The van der Waals surface area contributed by atoms with Gasteiger partial charge in [-0.15, -0.1) is 0 Å². The SMILES string of the molecule is C/C=C1\C[N@+]2(C)CCc3c([nH]c4cccc(OC)c34)[C@@H]2C[C@@H]1CCO. The maximum Gasteiger partial charge on any atom is 0.131 e. The average molecular weight is 341 g/mol. The average Bonchev–Trinajstić information content (AvgIpc) is 3.00. The summed E-state index contributed by atoms with van der Waals surface area (Å²) in [5.41, 5.74) is 5.55. The highest BCUT2D eigenvalue weighted by molar-refractivity contribution is 5.90. The summed E-state index contributed by atoms with van der Waals surface area (Å²) in [4.78, 5) is 3.73. The Labute approximate surface area is 149 Å². The molecule has 1 aromatic heterocycles. The number of nitrogens with zero attached hydrogens (tertiary/aromatic N) is 1. The van der Waals surface area contributed by atoms with Gasteiger partial charge in [-0.25, -0.2) is 0 Å². The lowest BCUT2D eigenvalue weighted by Crippen LogP contribution is -2.56. The second-order valence-corrected chi connectivity index (χ2v) is 7.84. The molecule has 2 aromatic rings. The third kappa shape index (κ3) is 2.51. The lowest BCUT2D eigenvalue weighted by molar-refractivity contribution is -0.942. The van der Waals surface area contributed by atoms with Crippen molar-refractivity contribution < 1.29 is 14.3 Å². The van der Waals surface area contributed by atoms with E-state index in [0.717, 1.165) is 42.6 Å². The zero-order chi connectivity index (χ0) is 17.6. The minimum atomic E-state index is 0.270. The van der Waals surface area contributed by atoms with Crippen LogP contribution in [0.3, 0.4) is 0 Å². The van der Waals surface area contributed by atoms with Crippen molar-refractivity contribution >= 4 is 10.9 Å². The molecular formula is C21H29N2O2+. The largest absolute Gasteiger partial charge is 0.496 e. The van der Waals surface area contributed by atoms with E-state index in [1.54, 1.807) is 7.11 Å². The molecule has 0 unspecified atom stereocenters. The van der Waals surface area contributed by atoms with Crippen molar-refractivity contribution in [1.82, 2.24) is 4.98 Å². The number of piperidine rings is 1. The summed E-state index contributed by atoms with van der Waals surface area (Å²) in [5, 5.41) is 10.8. The second-order valence-electron chi connectivity index (χ2n) is 7.84. The number of allylic oxidation sites excluding steroid dienone is 1. The molecule has 0 spiro atoms. The van der Waals surface area contributed by atoms with Crippen molar-refractivity contribution in [1.29, 1.82) is 0 Å². The number of quaternary nitrogens is 1. The first-order valence-electron chi connectivity index (χ1n) is 9.39. The van der Waals surface area contributed by atoms with Gasteiger partial charge in [-0.3, -0.25) is 0 Å². The first-order valence-corrected chi connectivity index (χ1v) is 9.39. The summed E-state index contributed by atoms with van der Waals surface area (Å²) in [6.07, 6.45) is 5.35. The Morgan fingerprint density at radius 1 is 1.40 bits per heavy atom. The van der Waals surface area contributed by atoms with Gasteiger partial charge in [0.15, 0.2) is 0 Å². The van der Waals surface area contributed by atoms with Crippen molar-refractivity contribution in [2.24, 2.45) is 5.92 Å². The van der Waals surface area contributed by atoms with E-state index in [9.17, 15) is 5.11 Å². The summed E-state index contributed by atoms with van der Waals surface area (Å²) in [6.45, 7) is 4.67. The number of rotatable bonds is 3. The minimum absolute atomic E-state index is 0.270. The Morgan fingerprint density at radius 2 is 2.24 bits per heavy atom. The monoisotopic (exact) mass is 341 g/mol. The Balaban J connectivity index is 1.82. The molecule has 1 aromatic carbocycles. The number of aromatic nitrogens is 1. The number of benzene rings is 1. The molecule has 2 aliphatic heterocycles. The molecule has 4 nitrogen and oxygen atoms in total. The van der Waals surface area contributed by atoms with E-state index in [1.807, 2.05) is 0 Å². The van der Waals surface area contributed by atoms with E-state index in [0.29, 0.717) is 12.0 Å². The molecule has 2 N–H and O–H groups in total. The fourth-order valence-electron chi connectivity index (χ4n) is 5.17. The van der Waals surface area contributed by atoms with E-state index >= 15 is 0 Å². The number of hydrogen-bond donors (Lipinski definition) is 2. The van der Waals surface area contributed by atoms with Crippen LogP contribution in [-0.4, -0.2) is 48.4 Å². The van der Waals surface area contributed by atoms with Crippen LogP contribution >= 0.6 is 0 Å². The fourth-order valence-corrected chi connectivity index (χ4v) is 5.17. The van der Waals surface area contributed by atoms with Crippen LogP contribution in [0.25, 0.3) is 10.9 Å². The first kappa shape index (κ1) is 16.7. The number of likely N-dealkylation sites (N-methyl/N-ethyl adjacent to an activating group) is 1. The van der Waals surface area contributed by atoms with Gasteiger partial charge in [-0.1, -0.05) is 12.1 Å². The highest BCUT2D eigenvalue weighted by Gasteiger charge is 2.47. The number of methoxy groups -OCH3 is 1. The van der Waals surface area contributed by atoms with Crippen LogP contribution in [0.1, 0.15) is 37.1 Å². The van der Waals surface area contributed by atoms with Crippen molar-refractivity contribution in [2.45, 2.75) is 32.2 Å². The minimum Gasteiger partial charge on any atom is -0.496 e. The summed E-state index contributed by atoms with van der Waals surface area (Å²) in [6, 6.07) is 6.75. The highest BCUT2D eigenvalue weighted by Crippen LogP contribution is 2.48. The first-order chi connectivity index (χ1) is 12.1. The molecule has 3 atom stereocenters. The van der Waals surface area contributed by atoms with Crippen molar-refractivity contribution in [2.75, 3.05) is 33.9 Å². The summed E-state index contributed by atoms with van der Waals surface area (Å²) < 4.78 is 6.71. The van der Waals surface area contributed by atoms with Crippen LogP contribution in [0, 0.1) is 5.92 Å². The van der Waals surface area contributed by atoms with Gasteiger partial charge >= 0.3 is 0 Å². The van der Waals surface area contributed by atoms with Gasteiger partial charge in [0.2, 0.25) is 0 Å². The molecule has 0 radical (unpaired) electrons. The molecule has 1 saturated heterocycles. The molecule has 3 heterocycles. The number of hydrogen-bond acceptors (Lipinski definition) is 2. The fraction of sp³-hybridized carbons (Fsp3) is 0.524. The zero-order valence-electron chi connectivity index (χ0n) is 15.5. The molecule has 2 aliphatic rings. The van der Waals surface area contributed by atoms with Crippen LogP contribution < -0.4 is 4.74 Å². The zero-order valence-corrected chi connectivity index (χ0v) is 15.5. The van der Waals surface area contributed by atoms with Crippen LogP contribution in [0.2, 0.25) is 0 Å². The van der Waals surface area contributed by atoms with Crippen LogP contribution in [0.5, 0.6) is 5.75 Å². The number of aliphatic hydroxyl groups excluding tert-OH is 1. The smallest absolute Gasteiger partial charge is 0.131 e. The maximum atomic E-state index is 9.51. The number of fused-ring (bicyclic) bond motifs is 5. The molecule has 0 saturated carbocycles. The molecular weight excluding hydrogens is 312 g/mol. The van der Waals surface area contributed by atoms with E-state index in [2.05, 4.69) is 43.2 Å². The maximum absolute atomic E-state index is 9.51. The standard InChI is InChI=1S/C21H29N2O2/c1-4-14-13-23(2)10-8-16-20-17(6-5-7-19(20)25-3)22-21(16)18(23)12-15(14)9-11-24/h4-7,15,18,22,24H,8-13H2,1-3H3/q+1/b14-4+/t15-,18-,23-/m0/s1. The molecule has 4 rings (SSSR count). The predicted octanol–water partition coefficient (Wildman–Crippen LogP) is 3.57. The number of H-pyrrole nitrogens is 1. The second kappa shape index (κ2) is 6.19. The topological polar surface area (TPSA) is 45.2 Å². The molecule has 4 heteroatoms. The number of nitrogens with one attached hydrogen (secondary N) is 1. The third-order valence-corrected chi connectivity index (χ3v) is 6.52. The Kier molecular flexibility index (Phi) is 4.13. The van der Waals surface area contributed by atoms with Gasteiger partial charge in [0.25, 0.3) is 0 Å². The van der Waals surface area contributed by atoms with Crippen LogP contribution in [0.4, 0.5) is 0 Å². The lowest BCUT2D eigenvalue weighted by Gasteiger charge is -2.50. The number of aromatic amines is 1. The van der Waals surface area contributed by atoms with Gasteiger partial charge in [0.05, 0.1) is 26.4 Å². The third-order valence-electron chi connectivity index (χ3n) is 6.52. The molecule has 0 amide bonds. The summed E-state index contributed by atoms with van der Waals surface area (Å²) in [7, 11) is 4.16. The van der Waals surface area contributed by atoms with E-state index in [1.165, 1.54) is 27.7 Å². The Hall–Kier alpha value is -1.78. The van der Waals surface area contributed by atoms with E-state index < -0.39 is 0 Å². The molecule has 0 aliphatic carbocycles. The quantitative estimate of drug-likeness (QED) is 0.662. The lowest BCUT2D eigenvalue weighted by atomic mass is 9.78. The molecule has 25 heavy (non-hydrogen) atoms. The summed E-state index contributed by atoms with van der Waals surface area (Å²) in [5.74, 6) is 1.47. The van der Waals surface area contributed by atoms with E-state index in [-0.39, 0.29) is 6.61 Å². The van der Waals surface area contributed by atoms with Crippen LogP contribution in [0.15, 0.2) is 29.8 Å². The summed E-state index contributed by atoms with van der Waals surface area (Å²) >= 11 is 0. The van der Waals surface area contributed by atoms with Gasteiger partial charge in [0, 0.05) is 30.4 Å². The van der Waals surface area contributed by atoms with Gasteiger partial charge in [-0.05, 0) is 42.5 Å².